The maximum absolute atomic E-state index is 10.9. The highest BCUT2D eigenvalue weighted by Gasteiger charge is 2.19. The fraction of sp³-hybridized carbons (Fsp3) is 0.500. The summed E-state index contributed by atoms with van der Waals surface area (Å²) in [6.45, 7) is 3.17. The largest absolute Gasteiger partial charge is 0.375 e. The summed E-state index contributed by atoms with van der Waals surface area (Å²) < 4.78 is 36.3. The van der Waals surface area contributed by atoms with Gasteiger partial charge < -0.3 is 4.74 Å². The Morgan fingerprint density at radius 3 is 2.63 bits per heavy atom. The SMILES string of the molecule is O=S(=O)(O)c1ccc(CN2CCOC(CBr)C2)cc1. The lowest BCUT2D eigenvalue weighted by Crippen LogP contribution is -2.42. The summed E-state index contributed by atoms with van der Waals surface area (Å²) in [7, 11) is -4.11. The molecule has 0 spiro atoms. The van der Waals surface area contributed by atoms with Gasteiger partial charge in [0.05, 0.1) is 17.6 Å². The lowest BCUT2D eigenvalue weighted by atomic mass is 10.2. The molecule has 1 aliphatic heterocycles. The number of rotatable bonds is 4. The molecule has 0 bridgehead atoms. The molecule has 19 heavy (non-hydrogen) atoms. The Kier molecular flexibility index (Phi) is 4.97. The first-order valence-electron chi connectivity index (χ1n) is 5.95. The topological polar surface area (TPSA) is 66.8 Å². The van der Waals surface area contributed by atoms with Crippen molar-refractivity contribution in [1.29, 1.82) is 0 Å². The van der Waals surface area contributed by atoms with Gasteiger partial charge in [0.2, 0.25) is 0 Å². The van der Waals surface area contributed by atoms with E-state index in [1.54, 1.807) is 12.1 Å². The molecule has 1 atom stereocenters. The van der Waals surface area contributed by atoms with Crippen molar-refractivity contribution in [1.82, 2.24) is 4.90 Å². The van der Waals surface area contributed by atoms with Crippen LogP contribution in [0, 0.1) is 0 Å². The summed E-state index contributed by atoms with van der Waals surface area (Å²) in [6.07, 6.45) is 0.200. The Labute approximate surface area is 121 Å². The van der Waals surface area contributed by atoms with E-state index in [4.69, 9.17) is 9.29 Å². The number of hydrogen-bond acceptors (Lipinski definition) is 4. The fourth-order valence-corrected chi connectivity index (χ4v) is 2.91. The van der Waals surface area contributed by atoms with Gasteiger partial charge in [-0.3, -0.25) is 9.45 Å². The average Bonchev–Trinajstić information content (AvgIpc) is 2.38. The van der Waals surface area contributed by atoms with E-state index in [0.717, 1.165) is 30.5 Å². The normalized spacial score (nSPS) is 21.5. The molecule has 1 aromatic carbocycles. The van der Waals surface area contributed by atoms with Crippen molar-refractivity contribution in [3.05, 3.63) is 29.8 Å². The third kappa shape index (κ3) is 4.25. The molecular formula is C12H16BrNO4S. The van der Waals surface area contributed by atoms with Gasteiger partial charge in [0, 0.05) is 25.0 Å². The molecule has 1 aliphatic rings. The number of alkyl halides is 1. The van der Waals surface area contributed by atoms with Crippen molar-refractivity contribution >= 4 is 26.0 Å². The van der Waals surface area contributed by atoms with Crippen molar-refractivity contribution in [2.75, 3.05) is 25.0 Å². The van der Waals surface area contributed by atoms with Crippen LogP contribution in [0.2, 0.25) is 0 Å². The monoisotopic (exact) mass is 349 g/mol. The van der Waals surface area contributed by atoms with Gasteiger partial charge in [-0.25, -0.2) is 0 Å². The second-order valence-electron chi connectivity index (χ2n) is 4.50. The highest BCUT2D eigenvalue weighted by atomic mass is 79.9. The van der Waals surface area contributed by atoms with Gasteiger partial charge in [-0.05, 0) is 17.7 Å². The van der Waals surface area contributed by atoms with Gasteiger partial charge in [0.1, 0.15) is 0 Å². The zero-order valence-corrected chi connectivity index (χ0v) is 12.7. The standard InChI is InChI=1S/C12H16BrNO4S/c13-7-11-9-14(5-6-18-11)8-10-1-3-12(4-2-10)19(15,16)17/h1-4,11H,5-9H2,(H,15,16,17). The Bertz CT molecular complexity index is 517. The Morgan fingerprint density at radius 2 is 2.05 bits per heavy atom. The van der Waals surface area contributed by atoms with Crippen LogP contribution in [0.1, 0.15) is 5.56 Å². The summed E-state index contributed by atoms with van der Waals surface area (Å²) >= 11 is 3.41. The molecule has 1 saturated heterocycles. The minimum Gasteiger partial charge on any atom is -0.375 e. The molecule has 7 heteroatoms. The number of nitrogens with zero attached hydrogens (tertiary/aromatic N) is 1. The molecule has 0 radical (unpaired) electrons. The van der Waals surface area contributed by atoms with Crippen molar-refractivity contribution in [2.45, 2.75) is 17.5 Å². The van der Waals surface area contributed by atoms with E-state index in [1.165, 1.54) is 12.1 Å². The summed E-state index contributed by atoms with van der Waals surface area (Å²) in [5.74, 6) is 0. The van der Waals surface area contributed by atoms with Crippen LogP contribution in [0.15, 0.2) is 29.2 Å². The fourth-order valence-electron chi connectivity index (χ4n) is 2.04. The second kappa shape index (κ2) is 6.32. The van der Waals surface area contributed by atoms with Crippen LogP contribution in [0.25, 0.3) is 0 Å². The van der Waals surface area contributed by atoms with E-state index >= 15 is 0 Å². The number of benzene rings is 1. The Morgan fingerprint density at radius 1 is 1.37 bits per heavy atom. The van der Waals surface area contributed by atoms with Crippen molar-refractivity contribution in [3.63, 3.8) is 0 Å². The van der Waals surface area contributed by atoms with Crippen LogP contribution < -0.4 is 0 Å². The van der Waals surface area contributed by atoms with Gasteiger partial charge in [-0.1, -0.05) is 28.1 Å². The number of ether oxygens (including phenoxy) is 1. The van der Waals surface area contributed by atoms with Crippen molar-refractivity contribution < 1.29 is 17.7 Å². The van der Waals surface area contributed by atoms with Crippen molar-refractivity contribution in [3.8, 4) is 0 Å². The summed E-state index contributed by atoms with van der Waals surface area (Å²) in [5.41, 5.74) is 1.02. The van der Waals surface area contributed by atoms with E-state index < -0.39 is 10.1 Å². The molecule has 1 unspecified atom stereocenters. The van der Waals surface area contributed by atoms with E-state index in [0.29, 0.717) is 6.61 Å². The lowest BCUT2D eigenvalue weighted by Gasteiger charge is -2.32. The number of hydrogen-bond donors (Lipinski definition) is 1. The molecule has 2 rings (SSSR count). The first-order chi connectivity index (χ1) is 8.99. The molecular weight excluding hydrogens is 334 g/mol. The van der Waals surface area contributed by atoms with Crippen LogP contribution >= 0.6 is 15.9 Å². The molecule has 5 nitrogen and oxygen atoms in total. The van der Waals surface area contributed by atoms with Crippen LogP contribution in [-0.2, 0) is 21.4 Å². The Balaban J connectivity index is 2.00. The molecule has 1 heterocycles. The van der Waals surface area contributed by atoms with Gasteiger partial charge in [0.25, 0.3) is 10.1 Å². The average molecular weight is 350 g/mol. The third-order valence-electron chi connectivity index (χ3n) is 3.02. The quantitative estimate of drug-likeness (QED) is 0.659. The minimum absolute atomic E-state index is 0.0726. The Hall–Kier alpha value is -0.470. The second-order valence-corrected chi connectivity index (χ2v) is 6.57. The lowest BCUT2D eigenvalue weighted by molar-refractivity contribution is -0.0181. The smallest absolute Gasteiger partial charge is 0.294 e. The highest BCUT2D eigenvalue weighted by Crippen LogP contribution is 2.14. The predicted octanol–water partition coefficient (Wildman–Crippen LogP) is 1.53. The summed E-state index contributed by atoms with van der Waals surface area (Å²) in [6, 6.07) is 6.30. The molecule has 0 saturated carbocycles. The van der Waals surface area contributed by atoms with Gasteiger partial charge in [0.15, 0.2) is 0 Å². The van der Waals surface area contributed by atoms with E-state index in [1.807, 2.05) is 0 Å². The van der Waals surface area contributed by atoms with Gasteiger partial charge in [-0.15, -0.1) is 0 Å². The first kappa shape index (κ1) is 14.9. The minimum atomic E-state index is -4.11. The first-order valence-corrected chi connectivity index (χ1v) is 8.51. The van der Waals surface area contributed by atoms with Gasteiger partial charge in [-0.2, -0.15) is 8.42 Å². The summed E-state index contributed by atoms with van der Waals surface area (Å²) in [5, 5.41) is 0.811. The van der Waals surface area contributed by atoms with E-state index in [-0.39, 0.29) is 11.0 Å². The molecule has 1 fully saturated rings. The van der Waals surface area contributed by atoms with E-state index in [9.17, 15) is 8.42 Å². The molecule has 1 N–H and O–H groups in total. The number of morpholine rings is 1. The maximum Gasteiger partial charge on any atom is 0.294 e. The van der Waals surface area contributed by atoms with Crippen LogP contribution in [0.5, 0.6) is 0 Å². The predicted molar refractivity (Wildman–Crippen MR) is 75.1 cm³/mol. The third-order valence-corrected chi connectivity index (χ3v) is 4.61. The van der Waals surface area contributed by atoms with Gasteiger partial charge >= 0.3 is 0 Å². The summed E-state index contributed by atoms with van der Waals surface area (Å²) in [4.78, 5) is 2.19. The maximum atomic E-state index is 10.9. The molecule has 0 aromatic heterocycles. The molecule has 106 valence electrons. The van der Waals surface area contributed by atoms with Crippen LogP contribution in [0.4, 0.5) is 0 Å². The zero-order valence-electron chi connectivity index (χ0n) is 10.3. The molecule has 0 aliphatic carbocycles. The van der Waals surface area contributed by atoms with E-state index in [2.05, 4.69) is 20.8 Å². The van der Waals surface area contributed by atoms with Crippen LogP contribution in [0.3, 0.4) is 0 Å². The molecule has 0 amide bonds. The van der Waals surface area contributed by atoms with Crippen molar-refractivity contribution in [2.24, 2.45) is 0 Å². The zero-order chi connectivity index (χ0) is 13.9. The highest BCUT2D eigenvalue weighted by molar-refractivity contribution is 9.09. The molecule has 1 aromatic rings. The van der Waals surface area contributed by atoms with Crippen LogP contribution in [-0.4, -0.2) is 49.0 Å². The number of halogens is 1.